The topological polar surface area (TPSA) is 42.7 Å². The van der Waals surface area contributed by atoms with Gasteiger partial charge in [-0.25, -0.2) is 4.98 Å². The molecule has 0 spiro atoms. The molecule has 0 bridgehead atoms. The van der Waals surface area contributed by atoms with Crippen LogP contribution in [0, 0.1) is 5.92 Å². The van der Waals surface area contributed by atoms with Crippen LogP contribution in [0.5, 0.6) is 0 Å². The van der Waals surface area contributed by atoms with Crippen LogP contribution in [0.4, 0.5) is 0 Å². The smallest absolute Gasteiger partial charge is 0.138 e. The standard InChI is InChI=1S/C14H19ClN4/c1-16-9-12(8-14-17-10-18-19(14)2)6-11-4-3-5-13(15)7-11/h3-5,7,10,12,16H,6,8-9H2,1-2H3. The fraction of sp³-hybridized carbons (Fsp3) is 0.429. The zero-order chi connectivity index (χ0) is 13.7. The largest absolute Gasteiger partial charge is 0.319 e. The molecule has 0 saturated heterocycles. The van der Waals surface area contributed by atoms with Gasteiger partial charge in [0.25, 0.3) is 0 Å². The molecule has 5 heteroatoms. The second-order valence-electron chi connectivity index (χ2n) is 4.76. The SMILES string of the molecule is CNCC(Cc1cccc(Cl)c1)Cc1ncnn1C. The van der Waals surface area contributed by atoms with Crippen LogP contribution < -0.4 is 5.32 Å². The number of nitrogens with zero attached hydrogens (tertiary/aromatic N) is 3. The third-order valence-electron chi connectivity index (χ3n) is 3.18. The molecule has 1 unspecified atom stereocenters. The molecule has 0 saturated carbocycles. The number of nitrogens with one attached hydrogen (secondary N) is 1. The Morgan fingerprint density at radius 2 is 2.21 bits per heavy atom. The van der Waals surface area contributed by atoms with Crippen LogP contribution in [-0.2, 0) is 19.9 Å². The summed E-state index contributed by atoms with van der Waals surface area (Å²) >= 11 is 6.03. The van der Waals surface area contributed by atoms with Crippen molar-refractivity contribution in [2.24, 2.45) is 13.0 Å². The van der Waals surface area contributed by atoms with Gasteiger partial charge in [-0.3, -0.25) is 4.68 Å². The molecular weight excluding hydrogens is 260 g/mol. The van der Waals surface area contributed by atoms with Gasteiger partial charge in [0.1, 0.15) is 12.2 Å². The van der Waals surface area contributed by atoms with Crippen molar-refractivity contribution >= 4 is 11.6 Å². The number of benzene rings is 1. The minimum absolute atomic E-state index is 0.478. The third-order valence-corrected chi connectivity index (χ3v) is 3.42. The Kier molecular flexibility index (Phi) is 4.93. The summed E-state index contributed by atoms with van der Waals surface area (Å²) in [4.78, 5) is 4.30. The molecule has 1 aromatic carbocycles. The van der Waals surface area contributed by atoms with Crippen LogP contribution in [0.3, 0.4) is 0 Å². The number of halogens is 1. The fourth-order valence-electron chi connectivity index (χ4n) is 2.27. The quantitative estimate of drug-likeness (QED) is 0.880. The van der Waals surface area contributed by atoms with Crippen molar-refractivity contribution in [3.8, 4) is 0 Å². The lowest BCUT2D eigenvalue weighted by Gasteiger charge is -2.16. The van der Waals surface area contributed by atoms with E-state index < -0.39 is 0 Å². The lowest BCUT2D eigenvalue weighted by molar-refractivity contribution is 0.471. The first kappa shape index (κ1) is 14.0. The lowest BCUT2D eigenvalue weighted by Crippen LogP contribution is -2.24. The van der Waals surface area contributed by atoms with Crippen molar-refractivity contribution in [2.75, 3.05) is 13.6 Å². The van der Waals surface area contributed by atoms with E-state index in [4.69, 9.17) is 11.6 Å². The molecule has 0 aliphatic heterocycles. The van der Waals surface area contributed by atoms with E-state index >= 15 is 0 Å². The van der Waals surface area contributed by atoms with Gasteiger partial charge in [-0.05, 0) is 43.6 Å². The van der Waals surface area contributed by atoms with Gasteiger partial charge in [0.05, 0.1) is 0 Å². The molecule has 102 valence electrons. The van der Waals surface area contributed by atoms with Crippen LogP contribution in [-0.4, -0.2) is 28.4 Å². The molecule has 0 aliphatic rings. The normalized spacial score (nSPS) is 12.6. The second-order valence-corrected chi connectivity index (χ2v) is 5.20. The van der Waals surface area contributed by atoms with Gasteiger partial charge in [0.15, 0.2) is 0 Å². The van der Waals surface area contributed by atoms with E-state index in [0.29, 0.717) is 5.92 Å². The highest BCUT2D eigenvalue weighted by Crippen LogP contribution is 2.16. The Labute approximate surface area is 118 Å². The van der Waals surface area contributed by atoms with Gasteiger partial charge < -0.3 is 5.32 Å². The van der Waals surface area contributed by atoms with Crippen molar-refractivity contribution in [3.05, 3.63) is 47.0 Å². The van der Waals surface area contributed by atoms with E-state index in [1.807, 2.05) is 37.0 Å². The summed E-state index contributed by atoms with van der Waals surface area (Å²) in [6.45, 7) is 0.944. The maximum Gasteiger partial charge on any atom is 0.138 e. The van der Waals surface area contributed by atoms with E-state index in [2.05, 4.69) is 21.5 Å². The Balaban J connectivity index is 2.06. The van der Waals surface area contributed by atoms with E-state index in [1.54, 1.807) is 6.33 Å². The van der Waals surface area contributed by atoms with Crippen LogP contribution in [0.15, 0.2) is 30.6 Å². The predicted octanol–water partition coefficient (Wildman–Crippen LogP) is 2.09. The molecule has 1 aromatic heterocycles. The predicted molar refractivity (Wildman–Crippen MR) is 77.3 cm³/mol. The molecule has 2 rings (SSSR count). The maximum atomic E-state index is 6.03. The van der Waals surface area contributed by atoms with Crippen molar-refractivity contribution in [3.63, 3.8) is 0 Å². The Bertz CT molecular complexity index is 524. The van der Waals surface area contributed by atoms with E-state index in [1.165, 1.54) is 5.56 Å². The monoisotopic (exact) mass is 278 g/mol. The highest BCUT2D eigenvalue weighted by Gasteiger charge is 2.13. The van der Waals surface area contributed by atoms with E-state index in [0.717, 1.165) is 30.2 Å². The van der Waals surface area contributed by atoms with Gasteiger partial charge in [-0.2, -0.15) is 5.10 Å². The first-order valence-corrected chi connectivity index (χ1v) is 6.78. The minimum Gasteiger partial charge on any atom is -0.319 e. The number of rotatable bonds is 6. The first-order valence-electron chi connectivity index (χ1n) is 6.41. The van der Waals surface area contributed by atoms with E-state index in [9.17, 15) is 0 Å². The summed E-state index contributed by atoms with van der Waals surface area (Å²) in [7, 11) is 3.90. The van der Waals surface area contributed by atoms with Crippen LogP contribution >= 0.6 is 11.6 Å². The molecule has 0 fully saturated rings. The van der Waals surface area contributed by atoms with Crippen molar-refractivity contribution in [1.29, 1.82) is 0 Å². The van der Waals surface area contributed by atoms with Crippen LogP contribution in [0.25, 0.3) is 0 Å². The summed E-state index contributed by atoms with van der Waals surface area (Å²) in [6, 6.07) is 8.04. The van der Waals surface area contributed by atoms with Crippen LogP contribution in [0.2, 0.25) is 5.02 Å². The minimum atomic E-state index is 0.478. The summed E-state index contributed by atoms with van der Waals surface area (Å²) < 4.78 is 1.83. The van der Waals surface area contributed by atoms with Crippen molar-refractivity contribution in [1.82, 2.24) is 20.1 Å². The maximum absolute atomic E-state index is 6.03. The highest BCUT2D eigenvalue weighted by molar-refractivity contribution is 6.30. The van der Waals surface area contributed by atoms with Gasteiger partial charge in [-0.15, -0.1) is 0 Å². The van der Waals surface area contributed by atoms with Crippen molar-refractivity contribution in [2.45, 2.75) is 12.8 Å². The molecule has 1 atom stereocenters. The summed E-state index contributed by atoms with van der Waals surface area (Å²) in [5.74, 6) is 1.49. The molecule has 1 heterocycles. The van der Waals surface area contributed by atoms with Crippen LogP contribution in [0.1, 0.15) is 11.4 Å². The second kappa shape index (κ2) is 6.68. The number of hydrogen-bond donors (Lipinski definition) is 1. The third kappa shape index (κ3) is 4.04. The summed E-state index contributed by atoms with van der Waals surface area (Å²) in [5.41, 5.74) is 1.26. The molecular formula is C14H19ClN4. The van der Waals surface area contributed by atoms with Gasteiger partial charge in [-0.1, -0.05) is 23.7 Å². The van der Waals surface area contributed by atoms with Gasteiger partial charge in [0, 0.05) is 18.5 Å². The Morgan fingerprint density at radius 1 is 1.37 bits per heavy atom. The lowest BCUT2D eigenvalue weighted by atomic mass is 9.96. The molecule has 0 radical (unpaired) electrons. The average Bonchev–Trinajstić information content (AvgIpc) is 2.75. The molecule has 2 aromatic rings. The molecule has 0 aliphatic carbocycles. The van der Waals surface area contributed by atoms with Gasteiger partial charge in [0.2, 0.25) is 0 Å². The molecule has 19 heavy (non-hydrogen) atoms. The van der Waals surface area contributed by atoms with E-state index in [-0.39, 0.29) is 0 Å². The number of aromatic nitrogens is 3. The van der Waals surface area contributed by atoms with Gasteiger partial charge >= 0.3 is 0 Å². The average molecular weight is 279 g/mol. The Morgan fingerprint density at radius 3 is 2.84 bits per heavy atom. The number of hydrogen-bond acceptors (Lipinski definition) is 3. The van der Waals surface area contributed by atoms with Crippen molar-refractivity contribution < 1.29 is 0 Å². The summed E-state index contributed by atoms with van der Waals surface area (Å²) in [5, 5.41) is 8.15. The first-order chi connectivity index (χ1) is 9.19. The zero-order valence-electron chi connectivity index (χ0n) is 11.3. The molecule has 0 amide bonds. The Hall–Kier alpha value is -1.39. The fourth-order valence-corrected chi connectivity index (χ4v) is 2.48. The highest BCUT2D eigenvalue weighted by atomic mass is 35.5. The molecule has 1 N–H and O–H groups in total. The zero-order valence-corrected chi connectivity index (χ0v) is 12.1. The number of aryl methyl sites for hydroxylation is 1. The molecule has 4 nitrogen and oxygen atoms in total. The summed E-state index contributed by atoms with van der Waals surface area (Å²) in [6.07, 6.45) is 3.49.